The highest BCUT2D eigenvalue weighted by atomic mass is 15.1. The van der Waals surface area contributed by atoms with Crippen LogP contribution in [0.4, 0.5) is 0 Å². The summed E-state index contributed by atoms with van der Waals surface area (Å²) in [6.45, 7) is 10.0. The van der Waals surface area contributed by atoms with Crippen molar-refractivity contribution in [3.05, 3.63) is 47.5 Å². The molecule has 1 aromatic heterocycles. The van der Waals surface area contributed by atoms with Crippen molar-refractivity contribution in [3.63, 3.8) is 0 Å². The van der Waals surface area contributed by atoms with Crippen molar-refractivity contribution in [3.8, 4) is 5.69 Å². The van der Waals surface area contributed by atoms with Crippen LogP contribution in [0.3, 0.4) is 0 Å². The van der Waals surface area contributed by atoms with Crippen LogP contribution < -0.4 is 4.57 Å². The molecule has 0 aliphatic carbocycles. The molecule has 2 aromatic rings. The predicted octanol–water partition coefficient (Wildman–Crippen LogP) is 6.61. The number of rotatable bonds is 12. The van der Waals surface area contributed by atoms with Gasteiger partial charge in [0.2, 0.25) is 6.33 Å². The fourth-order valence-electron chi connectivity index (χ4n) is 4.02. The molecule has 2 heteroatoms. The molecule has 0 aliphatic heterocycles. The van der Waals surface area contributed by atoms with Crippen molar-refractivity contribution in [2.45, 2.75) is 98.4 Å². The molecule has 0 aliphatic rings. The van der Waals surface area contributed by atoms with Crippen LogP contribution in [0.25, 0.3) is 5.69 Å². The molecule has 0 bridgehead atoms. The number of unbranched alkanes of at least 4 members (excludes halogenated alkanes) is 9. The van der Waals surface area contributed by atoms with Gasteiger partial charge in [0.05, 0.1) is 6.54 Å². The minimum Gasteiger partial charge on any atom is -0.236 e. The Bertz CT molecular complexity index is 631. The summed E-state index contributed by atoms with van der Waals surface area (Å²) in [6.07, 6.45) is 20.6. The molecule has 2 nitrogen and oxygen atoms in total. The second-order valence-electron chi connectivity index (χ2n) is 7.99. The number of aromatic nitrogens is 2. The first-order valence-corrected chi connectivity index (χ1v) is 10.8. The van der Waals surface area contributed by atoms with Gasteiger partial charge in [-0.15, -0.1) is 0 Å². The van der Waals surface area contributed by atoms with Crippen molar-refractivity contribution < 1.29 is 4.57 Å². The molecule has 144 valence electrons. The molecule has 0 radical (unpaired) electrons. The first-order chi connectivity index (χ1) is 12.6. The van der Waals surface area contributed by atoms with E-state index in [1.807, 2.05) is 0 Å². The third kappa shape index (κ3) is 6.63. The van der Waals surface area contributed by atoms with E-state index in [1.165, 1.54) is 86.6 Å². The van der Waals surface area contributed by atoms with Crippen molar-refractivity contribution in [1.82, 2.24) is 4.57 Å². The van der Waals surface area contributed by atoms with E-state index in [0.29, 0.717) is 0 Å². The lowest BCUT2D eigenvalue weighted by Gasteiger charge is -2.07. The second-order valence-corrected chi connectivity index (χ2v) is 7.99. The molecule has 0 fully saturated rings. The second kappa shape index (κ2) is 11.2. The van der Waals surface area contributed by atoms with E-state index in [4.69, 9.17) is 0 Å². The monoisotopic (exact) mass is 355 g/mol. The fourth-order valence-corrected chi connectivity index (χ4v) is 4.02. The Morgan fingerprint density at radius 1 is 0.769 bits per heavy atom. The first-order valence-electron chi connectivity index (χ1n) is 10.8. The molecule has 1 heterocycles. The van der Waals surface area contributed by atoms with Crippen LogP contribution in [0.1, 0.15) is 87.8 Å². The average Bonchev–Trinajstić information content (AvgIpc) is 3.04. The summed E-state index contributed by atoms with van der Waals surface area (Å²) < 4.78 is 4.61. The number of benzene rings is 1. The van der Waals surface area contributed by atoms with Gasteiger partial charge >= 0.3 is 0 Å². The summed E-state index contributed by atoms with van der Waals surface area (Å²) in [7, 11) is 0. The Labute approximate surface area is 161 Å². The van der Waals surface area contributed by atoms with Crippen LogP contribution >= 0.6 is 0 Å². The van der Waals surface area contributed by atoms with Crippen LogP contribution in [-0.4, -0.2) is 4.57 Å². The molecular weight excluding hydrogens is 316 g/mol. The highest BCUT2D eigenvalue weighted by Gasteiger charge is 2.12. The zero-order valence-corrected chi connectivity index (χ0v) is 17.6. The lowest BCUT2D eigenvalue weighted by molar-refractivity contribution is -0.696. The average molecular weight is 356 g/mol. The van der Waals surface area contributed by atoms with Gasteiger partial charge in [-0.1, -0.05) is 76.0 Å². The predicted molar refractivity (Wildman–Crippen MR) is 112 cm³/mol. The summed E-state index contributed by atoms with van der Waals surface area (Å²) in [5.74, 6) is 0. The van der Waals surface area contributed by atoms with Gasteiger partial charge in [-0.05, 0) is 44.7 Å². The molecule has 0 N–H and O–H groups in total. The highest BCUT2D eigenvalue weighted by Crippen LogP contribution is 2.20. The molecule has 0 unspecified atom stereocenters. The van der Waals surface area contributed by atoms with E-state index in [0.717, 1.165) is 6.54 Å². The van der Waals surface area contributed by atoms with E-state index in [2.05, 4.69) is 67.7 Å². The zero-order valence-electron chi connectivity index (χ0n) is 17.6. The number of aryl methyl sites for hydroxylation is 4. The van der Waals surface area contributed by atoms with E-state index in [9.17, 15) is 0 Å². The SMILES string of the molecule is CCCCCCCCCCCC[n+]1ccn(-c2c(C)cc(C)cc2C)c1. The maximum atomic E-state index is 2.34. The number of hydrogen-bond acceptors (Lipinski definition) is 0. The topological polar surface area (TPSA) is 8.81 Å². The van der Waals surface area contributed by atoms with E-state index in [1.54, 1.807) is 0 Å². The maximum absolute atomic E-state index is 2.34. The Hall–Kier alpha value is -1.57. The Morgan fingerprint density at radius 2 is 1.31 bits per heavy atom. The summed E-state index contributed by atoms with van der Waals surface area (Å²) in [5.41, 5.74) is 5.37. The van der Waals surface area contributed by atoms with Crippen LogP contribution in [0.2, 0.25) is 0 Å². The van der Waals surface area contributed by atoms with Crippen LogP contribution in [0, 0.1) is 20.8 Å². The quantitative estimate of drug-likeness (QED) is 0.299. The normalized spacial score (nSPS) is 11.2. The Kier molecular flexibility index (Phi) is 8.94. The minimum atomic E-state index is 1.13. The molecule has 0 spiro atoms. The summed E-state index contributed by atoms with van der Waals surface area (Å²) >= 11 is 0. The molecule has 0 atom stereocenters. The third-order valence-corrected chi connectivity index (χ3v) is 5.35. The largest absolute Gasteiger partial charge is 0.248 e. The van der Waals surface area contributed by atoms with Crippen LogP contribution in [0.5, 0.6) is 0 Å². The van der Waals surface area contributed by atoms with E-state index < -0.39 is 0 Å². The molecule has 26 heavy (non-hydrogen) atoms. The Morgan fingerprint density at radius 3 is 1.88 bits per heavy atom. The van der Waals surface area contributed by atoms with Gasteiger partial charge in [0, 0.05) is 0 Å². The van der Waals surface area contributed by atoms with Crippen molar-refractivity contribution >= 4 is 0 Å². The molecular formula is C24H39N2+. The van der Waals surface area contributed by atoms with Crippen molar-refractivity contribution in [1.29, 1.82) is 0 Å². The van der Waals surface area contributed by atoms with Crippen molar-refractivity contribution in [2.75, 3.05) is 0 Å². The van der Waals surface area contributed by atoms with E-state index in [-0.39, 0.29) is 0 Å². The number of nitrogens with zero attached hydrogens (tertiary/aromatic N) is 2. The van der Waals surface area contributed by atoms with Gasteiger partial charge in [-0.2, -0.15) is 0 Å². The lowest BCUT2D eigenvalue weighted by atomic mass is 10.1. The smallest absolute Gasteiger partial charge is 0.236 e. The van der Waals surface area contributed by atoms with Gasteiger partial charge in [0.25, 0.3) is 0 Å². The minimum absolute atomic E-state index is 1.13. The third-order valence-electron chi connectivity index (χ3n) is 5.35. The number of imidazole rings is 1. The van der Waals surface area contributed by atoms with Gasteiger partial charge in [0.1, 0.15) is 18.1 Å². The zero-order chi connectivity index (χ0) is 18.8. The lowest BCUT2D eigenvalue weighted by Crippen LogP contribution is -2.30. The van der Waals surface area contributed by atoms with Gasteiger partial charge in [-0.3, -0.25) is 0 Å². The van der Waals surface area contributed by atoms with Crippen molar-refractivity contribution in [2.24, 2.45) is 0 Å². The summed E-state index contributed by atoms with van der Waals surface area (Å²) in [6, 6.07) is 4.55. The number of hydrogen-bond donors (Lipinski definition) is 0. The van der Waals surface area contributed by atoms with Gasteiger partial charge in [-0.25, -0.2) is 9.13 Å². The van der Waals surface area contributed by atoms with Crippen LogP contribution in [0.15, 0.2) is 30.9 Å². The summed E-state index contributed by atoms with van der Waals surface area (Å²) in [4.78, 5) is 0. The maximum Gasteiger partial charge on any atom is 0.248 e. The molecule has 0 saturated carbocycles. The first kappa shape index (κ1) is 20.7. The standard InChI is InChI=1S/C24H39N2/c1-5-6-7-8-9-10-11-12-13-14-15-25-16-17-26(20-25)24-22(3)18-21(2)19-23(24)4/h16-20H,5-15H2,1-4H3/q+1. The summed E-state index contributed by atoms with van der Waals surface area (Å²) in [5, 5.41) is 0. The molecule has 0 amide bonds. The Balaban J connectivity index is 1.68. The van der Waals surface area contributed by atoms with E-state index >= 15 is 0 Å². The van der Waals surface area contributed by atoms with Crippen LogP contribution in [-0.2, 0) is 6.54 Å². The fraction of sp³-hybridized carbons (Fsp3) is 0.625. The molecule has 2 rings (SSSR count). The van der Waals surface area contributed by atoms with Gasteiger partial charge in [0.15, 0.2) is 0 Å². The molecule has 1 aromatic carbocycles. The molecule has 0 saturated heterocycles. The highest BCUT2D eigenvalue weighted by molar-refractivity contribution is 5.48. The van der Waals surface area contributed by atoms with Gasteiger partial charge < -0.3 is 0 Å².